The highest BCUT2D eigenvalue weighted by Crippen LogP contribution is 2.48. The number of ether oxygens (including phenoxy) is 1. The molecule has 0 amide bonds. The zero-order valence-corrected chi connectivity index (χ0v) is 48.1. The lowest BCUT2D eigenvalue weighted by Gasteiger charge is -2.34. The van der Waals surface area contributed by atoms with Crippen LogP contribution in [-0.2, 0) is 36.1 Å². The Labute approximate surface area is 472 Å². The van der Waals surface area contributed by atoms with Gasteiger partial charge in [-0.2, -0.15) is 52.7 Å². The fourth-order valence-electron chi connectivity index (χ4n) is 10.4. The normalized spacial score (nSPS) is 15.5. The molecule has 0 aliphatic carbocycles. The minimum atomic E-state index is -5.93. The smallest absolute Gasteiger partial charge is 0.469 e. The van der Waals surface area contributed by atoms with Gasteiger partial charge in [-0.3, -0.25) is 9.78 Å². The van der Waals surface area contributed by atoms with Crippen molar-refractivity contribution in [2.45, 2.75) is 173 Å². The first kappa shape index (κ1) is 66.8. The summed E-state index contributed by atoms with van der Waals surface area (Å²) >= 11 is 0. The minimum absolute atomic E-state index is 0.0967. The van der Waals surface area contributed by atoms with Crippen LogP contribution >= 0.6 is 0 Å². The highest BCUT2D eigenvalue weighted by atomic mass is 19.4. The second-order valence-electron chi connectivity index (χ2n) is 21.9. The van der Waals surface area contributed by atoms with Crippen LogP contribution in [0.15, 0.2) is 103 Å². The largest absolute Gasteiger partial charge is 0.495 e. The van der Waals surface area contributed by atoms with Gasteiger partial charge < -0.3 is 24.3 Å². The molecule has 1 fully saturated rings. The lowest BCUT2D eigenvalue weighted by atomic mass is 9.68. The average Bonchev–Trinajstić information content (AvgIpc) is 3.00. The zero-order chi connectivity index (χ0) is 62.0. The number of aromatic nitrogens is 1. The molecule has 0 bridgehead atoms. The number of carbonyl (C=O) groups is 1. The van der Waals surface area contributed by atoms with Crippen LogP contribution in [0, 0.1) is 27.7 Å². The Morgan fingerprint density at radius 2 is 0.915 bits per heavy atom. The number of hydrogen-bond donors (Lipinski definition) is 2. The number of benzene rings is 4. The summed E-state index contributed by atoms with van der Waals surface area (Å²) in [7, 11) is 0.806. The molecule has 446 valence electrons. The fourth-order valence-corrected chi connectivity index (χ4v) is 10.4. The third-order valence-corrected chi connectivity index (χ3v) is 16.6. The Morgan fingerprint density at radius 1 is 0.549 bits per heavy atom. The summed E-state index contributed by atoms with van der Waals surface area (Å²) < 4.78 is 174. The van der Waals surface area contributed by atoms with Crippen LogP contribution in [-0.4, -0.2) is 82.5 Å². The van der Waals surface area contributed by atoms with Crippen LogP contribution in [0.25, 0.3) is 23.3 Å². The predicted octanol–water partition coefficient (Wildman–Crippen LogP) is 15.6. The van der Waals surface area contributed by atoms with Gasteiger partial charge in [-0.25, -0.2) is 0 Å². The molecule has 2 heterocycles. The van der Waals surface area contributed by atoms with Gasteiger partial charge in [0.15, 0.2) is 0 Å². The molecular weight excluding hydrogens is 1090 g/mol. The van der Waals surface area contributed by atoms with Crippen molar-refractivity contribution in [3.63, 3.8) is 0 Å². The molecule has 0 spiro atoms. The van der Waals surface area contributed by atoms with Crippen LogP contribution < -0.4 is 5.46 Å². The summed E-state index contributed by atoms with van der Waals surface area (Å²) in [5.41, 5.74) is -1.49. The molecule has 1 saturated heterocycles. The quantitative estimate of drug-likeness (QED) is 0.0577. The van der Waals surface area contributed by atoms with Gasteiger partial charge in [0.1, 0.15) is 0 Å². The number of nitrogens with zero attached hydrogens (tertiary/aromatic N) is 1. The Balaban J connectivity index is 0.000000301. The number of esters is 1. The van der Waals surface area contributed by atoms with Crippen molar-refractivity contribution in [3.8, 4) is 11.1 Å². The Morgan fingerprint density at radius 3 is 1.26 bits per heavy atom. The molecule has 0 atom stereocenters. The van der Waals surface area contributed by atoms with Gasteiger partial charge in [0.05, 0.1) is 24.7 Å². The first-order valence-corrected chi connectivity index (χ1v) is 26.6. The van der Waals surface area contributed by atoms with Crippen LogP contribution in [0.2, 0.25) is 0 Å². The van der Waals surface area contributed by atoms with E-state index in [9.17, 15) is 67.7 Å². The van der Waals surface area contributed by atoms with Crippen LogP contribution in [0.5, 0.6) is 0 Å². The van der Waals surface area contributed by atoms with Crippen molar-refractivity contribution in [1.82, 2.24) is 4.98 Å². The number of hydrogen-bond acceptors (Lipinski definition) is 7. The average molecular weight is 1160 g/mol. The molecule has 0 unspecified atom stereocenters. The van der Waals surface area contributed by atoms with E-state index in [1.165, 1.54) is 19.2 Å². The molecule has 20 heteroatoms. The summed E-state index contributed by atoms with van der Waals surface area (Å²) in [6, 6.07) is 23.9. The molecule has 0 saturated carbocycles. The zero-order valence-electron chi connectivity index (χ0n) is 48.1. The third-order valence-electron chi connectivity index (χ3n) is 16.6. The maximum Gasteiger partial charge on any atom is 0.495 e. The summed E-state index contributed by atoms with van der Waals surface area (Å²) in [6.07, 6.45) is -16.7. The Hall–Kier alpha value is -5.96. The molecule has 6 rings (SSSR count). The number of carbonyl (C=O) groups excluding carboxylic acids is 1. The Bertz CT molecular complexity index is 3090. The van der Waals surface area contributed by atoms with Crippen molar-refractivity contribution in [2.75, 3.05) is 7.11 Å². The van der Waals surface area contributed by atoms with Gasteiger partial charge in [-0.15, -0.1) is 0 Å². The summed E-state index contributed by atoms with van der Waals surface area (Å²) in [5.74, 6) is -0.370. The number of halogens is 12. The summed E-state index contributed by atoms with van der Waals surface area (Å²) in [6.45, 7) is 23.2. The standard InChI is InChI=1S/C32H33F6NO3.C30H37BF6O3/c1-6-29(7-2,25-9-8-23(20(3)14-25)12-13-30(41,31(33,34)35)32(36,37)38)26-10-11-27(21(4)15-26)24-16-22(18-39-19-24)17-28(40)42-5;1-9-27(10-2,23-13-14-24(20(4)18-23)31-39-25(5,6)26(7,8)40-31)22-12-11-21(19(3)17-22)15-16-28(38,29(32,33)34)30(35,36)37/h8-16,18-19,41H,6-7,17H2,1-5H3;11-18,38H,9-10H2,1-8H3/b13-12+;16-15+. The number of rotatable bonds is 16. The summed E-state index contributed by atoms with van der Waals surface area (Å²) in [5, 5.41) is 19.0. The third kappa shape index (κ3) is 13.2. The molecule has 2 N–H and O–H groups in total. The van der Waals surface area contributed by atoms with Crippen LogP contribution in [0.4, 0.5) is 52.7 Å². The highest BCUT2D eigenvalue weighted by molar-refractivity contribution is 6.62. The SMILES string of the molecule is CCC(CC)(c1ccc(/C=C/C(O)(C(F)(F)F)C(F)(F)F)c(C)c1)c1ccc(-c2cncc(CC(=O)OC)c2)c(C)c1.CCC(CC)(c1ccc(/C=C/C(O)(C(F)(F)F)C(F)(F)F)c(C)c1)c1ccc(B2OC(C)(C)C(C)(C)O2)c(C)c1. The van der Waals surface area contributed by atoms with E-state index in [0.29, 0.717) is 54.5 Å². The van der Waals surface area contributed by atoms with Crippen LogP contribution in [0.3, 0.4) is 0 Å². The van der Waals surface area contributed by atoms with Crippen molar-refractivity contribution in [1.29, 1.82) is 0 Å². The van der Waals surface area contributed by atoms with E-state index < -0.39 is 65.1 Å². The van der Waals surface area contributed by atoms with E-state index in [4.69, 9.17) is 14.0 Å². The van der Waals surface area contributed by atoms with E-state index in [1.54, 1.807) is 50.5 Å². The molecule has 1 aliphatic heterocycles. The molecule has 1 aliphatic rings. The topological polar surface area (TPSA) is 98.1 Å². The summed E-state index contributed by atoms with van der Waals surface area (Å²) in [4.78, 5) is 16.0. The lowest BCUT2D eigenvalue weighted by molar-refractivity contribution is -0.348. The first-order chi connectivity index (χ1) is 37.7. The molecule has 5 aromatic rings. The fraction of sp³-hybridized carbons (Fsp3) is 0.452. The maximum absolute atomic E-state index is 13.1. The predicted molar refractivity (Wildman–Crippen MR) is 294 cm³/mol. The lowest BCUT2D eigenvalue weighted by Crippen LogP contribution is -2.55. The second-order valence-corrected chi connectivity index (χ2v) is 21.9. The van der Waals surface area contributed by atoms with Crippen molar-refractivity contribution in [2.24, 2.45) is 0 Å². The first-order valence-electron chi connectivity index (χ1n) is 26.6. The van der Waals surface area contributed by atoms with Crippen LogP contribution in [0.1, 0.15) is 142 Å². The van der Waals surface area contributed by atoms with Crippen molar-refractivity contribution in [3.05, 3.63) is 165 Å². The minimum Gasteiger partial charge on any atom is -0.469 e. The van der Waals surface area contributed by atoms with Gasteiger partial charge in [-0.05, 0) is 166 Å². The van der Waals surface area contributed by atoms with Crippen molar-refractivity contribution >= 4 is 30.7 Å². The molecule has 4 aromatic carbocycles. The molecule has 1 aromatic heterocycles. The molecule has 0 radical (unpaired) electrons. The van der Waals surface area contributed by atoms with Gasteiger partial charge >= 0.3 is 37.8 Å². The number of pyridine rings is 1. The Kier molecular flexibility index (Phi) is 19.8. The van der Waals surface area contributed by atoms with E-state index in [0.717, 1.165) is 50.0 Å². The van der Waals surface area contributed by atoms with Crippen molar-refractivity contribution < 1.29 is 81.7 Å². The number of aryl methyl sites for hydroxylation is 4. The molecule has 82 heavy (non-hydrogen) atoms. The van der Waals surface area contributed by atoms with Gasteiger partial charge in [0.2, 0.25) is 0 Å². The van der Waals surface area contributed by atoms with E-state index in [2.05, 4.69) is 17.1 Å². The van der Waals surface area contributed by atoms with E-state index in [1.807, 2.05) is 99.6 Å². The van der Waals surface area contributed by atoms with Gasteiger partial charge in [0.25, 0.3) is 11.2 Å². The monoisotopic (exact) mass is 1160 g/mol. The van der Waals surface area contributed by atoms with E-state index >= 15 is 0 Å². The van der Waals surface area contributed by atoms with Gasteiger partial charge in [-0.1, -0.05) is 118 Å². The molecular formula is C62H70BF12NO6. The highest BCUT2D eigenvalue weighted by Gasteiger charge is 2.70. The maximum atomic E-state index is 13.1. The van der Waals surface area contributed by atoms with E-state index in [-0.39, 0.29) is 35.7 Å². The number of alkyl halides is 12. The number of aliphatic hydroxyl groups is 2. The van der Waals surface area contributed by atoms with Gasteiger partial charge in [0, 0.05) is 28.8 Å². The molecule has 7 nitrogen and oxygen atoms in total. The number of methoxy groups -OCH3 is 1. The second kappa shape index (κ2) is 24.3.